The van der Waals surface area contributed by atoms with Crippen molar-refractivity contribution in [2.45, 2.75) is 13.5 Å². The molecule has 3 aromatic rings. The lowest BCUT2D eigenvalue weighted by molar-refractivity contribution is 0.101. The molecule has 1 aliphatic rings. The standard InChI is InChI=1S/C24H18Cl2O4/c1-14-21(29-13-15-6-8-16(28-2)9-7-15)11-10-17-23(27)22(30-24(14)17)12-18-19(25)4-3-5-20(18)26/h3-12H,13H2,1-2H3/b22-12-. The fraction of sp³-hybridized carbons (Fsp3) is 0.125. The van der Waals surface area contributed by atoms with Gasteiger partial charge in [-0.1, -0.05) is 41.4 Å². The number of carbonyl (C=O) groups is 1. The molecule has 152 valence electrons. The van der Waals surface area contributed by atoms with Crippen LogP contribution in [-0.4, -0.2) is 12.9 Å². The average molecular weight is 441 g/mol. The zero-order chi connectivity index (χ0) is 21.3. The summed E-state index contributed by atoms with van der Waals surface area (Å²) < 4.78 is 17.0. The number of fused-ring (bicyclic) bond motifs is 1. The van der Waals surface area contributed by atoms with E-state index in [4.69, 9.17) is 37.4 Å². The summed E-state index contributed by atoms with van der Waals surface area (Å²) in [5.74, 6) is 1.88. The van der Waals surface area contributed by atoms with Gasteiger partial charge in [0.25, 0.3) is 0 Å². The highest BCUT2D eigenvalue weighted by Crippen LogP contribution is 2.40. The summed E-state index contributed by atoms with van der Waals surface area (Å²) >= 11 is 12.4. The fourth-order valence-corrected chi connectivity index (χ4v) is 3.69. The topological polar surface area (TPSA) is 44.8 Å². The van der Waals surface area contributed by atoms with E-state index >= 15 is 0 Å². The molecule has 0 spiro atoms. The number of benzene rings is 3. The summed E-state index contributed by atoms with van der Waals surface area (Å²) in [4.78, 5) is 12.8. The average Bonchev–Trinajstić information content (AvgIpc) is 3.07. The smallest absolute Gasteiger partial charge is 0.231 e. The molecule has 6 heteroatoms. The van der Waals surface area contributed by atoms with Gasteiger partial charge in [-0.15, -0.1) is 0 Å². The molecule has 0 saturated heterocycles. The van der Waals surface area contributed by atoms with Crippen molar-refractivity contribution in [2.24, 2.45) is 0 Å². The van der Waals surface area contributed by atoms with Crippen LogP contribution >= 0.6 is 23.2 Å². The van der Waals surface area contributed by atoms with Crippen molar-refractivity contribution < 1.29 is 19.0 Å². The molecule has 0 saturated carbocycles. The van der Waals surface area contributed by atoms with Crippen molar-refractivity contribution in [1.29, 1.82) is 0 Å². The fourth-order valence-electron chi connectivity index (χ4n) is 3.19. The molecule has 4 nitrogen and oxygen atoms in total. The minimum absolute atomic E-state index is 0.176. The maximum Gasteiger partial charge on any atom is 0.231 e. The van der Waals surface area contributed by atoms with Gasteiger partial charge in [-0.3, -0.25) is 4.79 Å². The Balaban J connectivity index is 1.57. The summed E-state index contributed by atoms with van der Waals surface area (Å²) in [7, 11) is 1.63. The van der Waals surface area contributed by atoms with Gasteiger partial charge >= 0.3 is 0 Å². The van der Waals surface area contributed by atoms with E-state index in [1.165, 1.54) is 0 Å². The molecule has 0 amide bonds. The van der Waals surface area contributed by atoms with Gasteiger partial charge in [0.1, 0.15) is 23.9 Å². The molecule has 0 atom stereocenters. The molecule has 0 bridgehead atoms. The number of rotatable bonds is 5. The third-order valence-corrected chi connectivity index (χ3v) is 5.52. The highest BCUT2D eigenvalue weighted by molar-refractivity contribution is 6.37. The van der Waals surface area contributed by atoms with E-state index in [1.807, 2.05) is 31.2 Å². The van der Waals surface area contributed by atoms with E-state index in [9.17, 15) is 4.79 Å². The summed E-state index contributed by atoms with van der Waals surface area (Å²) in [6, 6.07) is 16.3. The second kappa shape index (κ2) is 8.42. The number of ketones is 1. The second-order valence-corrected chi connectivity index (χ2v) is 7.59. The van der Waals surface area contributed by atoms with E-state index in [2.05, 4.69) is 0 Å². The normalized spacial score (nSPS) is 13.9. The maximum atomic E-state index is 12.8. The molecule has 0 radical (unpaired) electrons. The monoisotopic (exact) mass is 440 g/mol. The lowest BCUT2D eigenvalue weighted by Gasteiger charge is -2.12. The van der Waals surface area contributed by atoms with E-state index < -0.39 is 0 Å². The predicted molar refractivity (Wildman–Crippen MR) is 118 cm³/mol. The number of carbonyl (C=O) groups excluding carboxylic acids is 1. The molecule has 30 heavy (non-hydrogen) atoms. The Hall–Kier alpha value is -2.95. The van der Waals surface area contributed by atoms with Gasteiger partial charge in [-0.25, -0.2) is 0 Å². The summed E-state index contributed by atoms with van der Waals surface area (Å²) in [5.41, 5.74) is 2.79. The summed E-state index contributed by atoms with van der Waals surface area (Å²) in [5, 5.41) is 0.894. The van der Waals surface area contributed by atoms with Gasteiger partial charge in [0.2, 0.25) is 5.78 Å². The predicted octanol–water partition coefficient (Wildman–Crippen LogP) is 6.51. The third-order valence-electron chi connectivity index (χ3n) is 4.87. The summed E-state index contributed by atoms with van der Waals surface area (Å²) in [6.07, 6.45) is 1.57. The van der Waals surface area contributed by atoms with Crippen molar-refractivity contribution in [3.63, 3.8) is 0 Å². The van der Waals surface area contributed by atoms with Crippen LogP contribution in [0.2, 0.25) is 10.0 Å². The third kappa shape index (κ3) is 3.89. The summed E-state index contributed by atoms with van der Waals surface area (Å²) in [6.45, 7) is 2.25. The van der Waals surface area contributed by atoms with Gasteiger partial charge in [-0.05, 0) is 55.0 Å². The first-order valence-electron chi connectivity index (χ1n) is 9.25. The number of allylic oxidation sites excluding steroid dienone is 1. The van der Waals surface area contributed by atoms with Crippen LogP contribution in [0.5, 0.6) is 17.2 Å². The molecular weight excluding hydrogens is 423 g/mol. The van der Waals surface area contributed by atoms with E-state index in [1.54, 1.807) is 43.5 Å². The van der Waals surface area contributed by atoms with Crippen LogP contribution in [0.1, 0.15) is 27.0 Å². The molecular formula is C24H18Cl2O4. The molecule has 1 aliphatic heterocycles. The van der Waals surface area contributed by atoms with Gasteiger partial charge in [0.15, 0.2) is 5.76 Å². The molecule has 3 aromatic carbocycles. The zero-order valence-electron chi connectivity index (χ0n) is 16.4. The number of ether oxygens (including phenoxy) is 3. The maximum absolute atomic E-state index is 12.8. The van der Waals surface area contributed by atoms with Crippen molar-refractivity contribution in [2.75, 3.05) is 7.11 Å². The van der Waals surface area contributed by atoms with Crippen LogP contribution in [0.25, 0.3) is 6.08 Å². The largest absolute Gasteiger partial charge is 0.497 e. The first kappa shape index (κ1) is 20.3. The molecule has 0 aliphatic carbocycles. The van der Waals surface area contributed by atoms with Gasteiger partial charge in [0.05, 0.1) is 12.7 Å². The first-order chi connectivity index (χ1) is 14.5. The van der Waals surface area contributed by atoms with Gasteiger partial charge in [0, 0.05) is 21.2 Å². The van der Waals surface area contributed by atoms with Gasteiger partial charge in [-0.2, -0.15) is 0 Å². The van der Waals surface area contributed by atoms with Crippen LogP contribution in [0.15, 0.2) is 60.4 Å². The number of hydrogen-bond donors (Lipinski definition) is 0. The lowest BCUT2D eigenvalue weighted by Crippen LogP contribution is -1.98. The van der Waals surface area contributed by atoms with Crippen LogP contribution in [0.4, 0.5) is 0 Å². The SMILES string of the molecule is COc1ccc(COc2ccc3c(c2C)O/C(=C\c2c(Cl)cccc2Cl)C3=O)cc1. The number of Topliss-reactive ketones (excluding diaryl/α,β-unsaturated/α-hetero) is 1. The first-order valence-corrected chi connectivity index (χ1v) is 10.0. The van der Waals surface area contributed by atoms with Crippen molar-refractivity contribution in [3.05, 3.63) is 92.7 Å². The molecule has 0 unspecified atom stereocenters. The lowest BCUT2D eigenvalue weighted by atomic mass is 10.1. The van der Waals surface area contributed by atoms with E-state index in [0.29, 0.717) is 39.3 Å². The quantitative estimate of drug-likeness (QED) is 0.424. The van der Waals surface area contributed by atoms with Crippen LogP contribution in [0, 0.1) is 6.92 Å². The van der Waals surface area contributed by atoms with Gasteiger partial charge < -0.3 is 14.2 Å². The number of hydrogen-bond acceptors (Lipinski definition) is 4. The van der Waals surface area contributed by atoms with Crippen LogP contribution < -0.4 is 14.2 Å². The molecule has 0 fully saturated rings. The van der Waals surface area contributed by atoms with Crippen LogP contribution in [0.3, 0.4) is 0 Å². The molecule has 1 heterocycles. The van der Waals surface area contributed by atoms with Crippen molar-refractivity contribution >= 4 is 35.1 Å². The minimum Gasteiger partial charge on any atom is -0.497 e. The van der Waals surface area contributed by atoms with Crippen LogP contribution in [-0.2, 0) is 6.61 Å². The minimum atomic E-state index is -0.217. The van der Waals surface area contributed by atoms with E-state index in [-0.39, 0.29) is 11.5 Å². The molecule has 0 aromatic heterocycles. The highest BCUT2D eigenvalue weighted by atomic mass is 35.5. The number of halogens is 2. The Morgan fingerprint density at radius 3 is 2.37 bits per heavy atom. The second-order valence-electron chi connectivity index (χ2n) is 6.78. The Kier molecular flexibility index (Phi) is 5.71. The van der Waals surface area contributed by atoms with Crippen molar-refractivity contribution in [1.82, 2.24) is 0 Å². The Morgan fingerprint density at radius 2 is 1.70 bits per heavy atom. The number of methoxy groups -OCH3 is 1. The molecule has 0 N–H and O–H groups in total. The van der Waals surface area contributed by atoms with Crippen molar-refractivity contribution in [3.8, 4) is 17.2 Å². The highest BCUT2D eigenvalue weighted by Gasteiger charge is 2.30. The Morgan fingerprint density at radius 1 is 1.00 bits per heavy atom. The zero-order valence-corrected chi connectivity index (χ0v) is 17.9. The molecule has 4 rings (SSSR count). The van der Waals surface area contributed by atoms with E-state index in [0.717, 1.165) is 16.9 Å². The Labute approximate surface area is 184 Å². The Bertz CT molecular complexity index is 1130.